The Hall–Kier alpha value is -0.0900. The van der Waals surface area contributed by atoms with Gasteiger partial charge in [0.2, 0.25) is 0 Å². The summed E-state index contributed by atoms with van der Waals surface area (Å²) < 4.78 is 22.6. The van der Waals surface area contributed by atoms with E-state index in [2.05, 4.69) is 26.1 Å². The Morgan fingerprint density at radius 2 is 1.81 bits per heavy atom. The minimum atomic E-state index is -2.70. The molecule has 1 unspecified atom stereocenters. The van der Waals surface area contributed by atoms with Crippen molar-refractivity contribution < 1.29 is 8.42 Å². The van der Waals surface area contributed by atoms with Gasteiger partial charge in [-0.1, -0.05) is 20.8 Å². The topological polar surface area (TPSA) is 46.2 Å². The molecule has 1 atom stereocenters. The van der Waals surface area contributed by atoms with Crippen molar-refractivity contribution in [2.24, 2.45) is 11.8 Å². The Bertz CT molecular complexity index is 284. The minimum Gasteiger partial charge on any atom is -0.313 e. The second-order valence-corrected chi connectivity index (χ2v) is 7.57. The van der Waals surface area contributed by atoms with Gasteiger partial charge in [0.15, 0.2) is 0 Å². The molecule has 16 heavy (non-hydrogen) atoms. The summed E-state index contributed by atoms with van der Waals surface area (Å²) in [4.78, 5) is 0. The molecule has 0 aliphatic carbocycles. The highest BCUT2D eigenvalue weighted by molar-refractivity contribution is 7.91. The normalized spacial score (nSPS) is 23.5. The first-order chi connectivity index (χ1) is 7.44. The quantitative estimate of drug-likeness (QED) is 0.806. The first-order valence-corrected chi connectivity index (χ1v) is 8.20. The van der Waals surface area contributed by atoms with Crippen LogP contribution in [0.15, 0.2) is 0 Å². The van der Waals surface area contributed by atoms with Gasteiger partial charge in [0, 0.05) is 6.04 Å². The van der Waals surface area contributed by atoms with Crippen LogP contribution >= 0.6 is 0 Å². The van der Waals surface area contributed by atoms with Crippen molar-refractivity contribution in [3.8, 4) is 0 Å². The van der Waals surface area contributed by atoms with Crippen LogP contribution in [-0.4, -0.2) is 32.5 Å². The summed E-state index contributed by atoms with van der Waals surface area (Å²) in [6, 6.07) is 0.568. The predicted octanol–water partition coefficient (Wildman–Crippen LogP) is 1.84. The zero-order valence-corrected chi connectivity index (χ0v) is 11.5. The fourth-order valence-electron chi connectivity index (χ4n) is 2.31. The van der Waals surface area contributed by atoms with Crippen LogP contribution in [-0.2, 0) is 9.84 Å². The number of hydrogen-bond donors (Lipinski definition) is 1. The van der Waals surface area contributed by atoms with Crippen LogP contribution in [0.4, 0.5) is 0 Å². The molecule has 0 aromatic rings. The van der Waals surface area contributed by atoms with E-state index in [9.17, 15) is 8.42 Å². The molecule has 0 bridgehead atoms. The first-order valence-electron chi connectivity index (χ1n) is 6.38. The summed E-state index contributed by atoms with van der Waals surface area (Å²) in [6.07, 6.45) is 2.82. The average molecular weight is 247 g/mol. The maximum atomic E-state index is 11.3. The smallest absolute Gasteiger partial charge is 0.150 e. The van der Waals surface area contributed by atoms with Gasteiger partial charge in [-0.05, 0) is 37.6 Å². The number of hydrogen-bond acceptors (Lipinski definition) is 3. The maximum absolute atomic E-state index is 11.3. The van der Waals surface area contributed by atoms with E-state index in [1.54, 1.807) is 0 Å². The van der Waals surface area contributed by atoms with E-state index in [0.717, 1.165) is 25.8 Å². The fourth-order valence-corrected chi connectivity index (χ4v) is 3.90. The van der Waals surface area contributed by atoms with Crippen molar-refractivity contribution in [2.75, 3.05) is 18.1 Å². The van der Waals surface area contributed by atoms with Crippen LogP contribution in [0.2, 0.25) is 0 Å². The van der Waals surface area contributed by atoms with Gasteiger partial charge in [0.1, 0.15) is 9.84 Å². The van der Waals surface area contributed by atoms with Crippen LogP contribution in [0.25, 0.3) is 0 Å². The van der Waals surface area contributed by atoms with Crippen LogP contribution in [0.3, 0.4) is 0 Å². The second-order valence-electron chi connectivity index (χ2n) is 5.26. The van der Waals surface area contributed by atoms with E-state index < -0.39 is 9.84 Å². The van der Waals surface area contributed by atoms with Crippen molar-refractivity contribution in [1.29, 1.82) is 0 Å². The first kappa shape index (κ1) is 14.0. The zero-order chi connectivity index (χ0) is 12.2. The number of rotatable bonds is 5. The molecular weight excluding hydrogens is 222 g/mol. The summed E-state index contributed by atoms with van der Waals surface area (Å²) in [5.41, 5.74) is 0. The predicted molar refractivity (Wildman–Crippen MR) is 68.3 cm³/mol. The molecule has 0 saturated carbocycles. The van der Waals surface area contributed by atoms with Crippen LogP contribution in [0.1, 0.15) is 40.0 Å². The molecule has 0 radical (unpaired) electrons. The third-order valence-electron chi connectivity index (χ3n) is 3.59. The summed E-state index contributed by atoms with van der Waals surface area (Å²) in [5.74, 6) is 1.98. The average Bonchev–Trinajstić information content (AvgIpc) is 2.20. The molecule has 1 fully saturated rings. The van der Waals surface area contributed by atoms with Gasteiger partial charge < -0.3 is 5.32 Å². The number of sulfone groups is 1. The Morgan fingerprint density at radius 1 is 1.25 bits per heavy atom. The van der Waals surface area contributed by atoms with Crippen molar-refractivity contribution in [2.45, 2.75) is 46.1 Å². The minimum absolute atomic E-state index is 0.387. The molecule has 1 rings (SSSR count). The van der Waals surface area contributed by atoms with E-state index in [1.165, 1.54) is 0 Å². The van der Waals surface area contributed by atoms with Gasteiger partial charge in [-0.3, -0.25) is 0 Å². The van der Waals surface area contributed by atoms with Gasteiger partial charge >= 0.3 is 0 Å². The third kappa shape index (κ3) is 4.42. The largest absolute Gasteiger partial charge is 0.313 e. The molecule has 0 spiro atoms. The Balaban J connectivity index is 2.29. The molecule has 96 valence electrons. The summed E-state index contributed by atoms with van der Waals surface area (Å²) in [6.45, 7) is 7.63. The van der Waals surface area contributed by atoms with Gasteiger partial charge in [-0.15, -0.1) is 0 Å². The zero-order valence-electron chi connectivity index (χ0n) is 10.7. The molecule has 1 heterocycles. The molecule has 0 aromatic carbocycles. The lowest BCUT2D eigenvalue weighted by atomic mass is 9.98. The van der Waals surface area contributed by atoms with E-state index in [4.69, 9.17) is 0 Å². The van der Waals surface area contributed by atoms with E-state index in [-0.39, 0.29) is 0 Å². The molecule has 1 N–H and O–H groups in total. The van der Waals surface area contributed by atoms with Crippen molar-refractivity contribution in [1.82, 2.24) is 5.32 Å². The van der Waals surface area contributed by atoms with Crippen LogP contribution < -0.4 is 5.32 Å². The molecule has 0 amide bonds. The van der Waals surface area contributed by atoms with Gasteiger partial charge in [-0.25, -0.2) is 8.42 Å². The molecule has 1 saturated heterocycles. The summed E-state index contributed by atoms with van der Waals surface area (Å²) >= 11 is 0. The van der Waals surface area contributed by atoms with E-state index >= 15 is 0 Å². The Morgan fingerprint density at radius 3 is 2.25 bits per heavy atom. The number of nitrogens with one attached hydrogen (secondary N) is 1. The van der Waals surface area contributed by atoms with E-state index in [0.29, 0.717) is 29.4 Å². The third-order valence-corrected chi connectivity index (χ3v) is 5.30. The van der Waals surface area contributed by atoms with Crippen molar-refractivity contribution in [3.05, 3.63) is 0 Å². The summed E-state index contributed by atoms with van der Waals surface area (Å²) in [7, 11) is -2.70. The lowest BCUT2D eigenvalue weighted by Crippen LogP contribution is -2.38. The van der Waals surface area contributed by atoms with Gasteiger partial charge in [0.05, 0.1) is 11.5 Å². The molecule has 0 aromatic heterocycles. The molecule has 3 nitrogen and oxygen atoms in total. The van der Waals surface area contributed by atoms with Crippen LogP contribution in [0.5, 0.6) is 0 Å². The lowest BCUT2D eigenvalue weighted by Gasteiger charge is -2.27. The van der Waals surface area contributed by atoms with Gasteiger partial charge in [0.25, 0.3) is 0 Å². The Kier molecular flexibility index (Phi) is 5.25. The molecule has 4 heteroatoms. The van der Waals surface area contributed by atoms with E-state index in [1.807, 2.05) is 0 Å². The second kappa shape index (κ2) is 6.01. The van der Waals surface area contributed by atoms with Gasteiger partial charge in [-0.2, -0.15) is 0 Å². The molecular formula is C12H25NO2S. The molecule has 1 aliphatic rings. The highest BCUT2D eigenvalue weighted by Gasteiger charge is 2.24. The fraction of sp³-hybridized carbons (Fsp3) is 1.00. The SMILES string of the molecule is CCC(NCC1CCS(=O)(=O)CC1)C(C)C. The van der Waals surface area contributed by atoms with Crippen LogP contribution in [0, 0.1) is 11.8 Å². The van der Waals surface area contributed by atoms with Crippen molar-refractivity contribution >= 4 is 9.84 Å². The summed E-state index contributed by atoms with van der Waals surface area (Å²) in [5, 5.41) is 3.57. The highest BCUT2D eigenvalue weighted by Crippen LogP contribution is 2.18. The monoisotopic (exact) mass is 247 g/mol. The highest BCUT2D eigenvalue weighted by atomic mass is 32.2. The maximum Gasteiger partial charge on any atom is 0.150 e. The van der Waals surface area contributed by atoms with Crippen molar-refractivity contribution in [3.63, 3.8) is 0 Å². The lowest BCUT2D eigenvalue weighted by molar-refractivity contribution is 0.341. The standard InChI is InChI=1S/C12H25NO2S/c1-4-12(10(2)3)13-9-11-5-7-16(14,15)8-6-11/h10-13H,4-9H2,1-3H3. The molecule has 1 aliphatic heterocycles. The Labute approximate surface area is 99.9 Å².